The number of hydrogen-bond acceptors (Lipinski definition) is 2. The molecule has 1 atom stereocenters. The van der Waals surface area contributed by atoms with Gasteiger partial charge >= 0.3 is 12.1 Å². The molecule has 2 N–H and O–H groups in total. The summed E-state index contributed by atoms with van der Waals surface area (Å²) in [6, 6.07) is 14.5. The van der Waals surface area contributed by atoms with Gasteiger partial charge in [-0.05, 0) is 17.7 Å². The zero-order chi connectivity index (χ0) is 17.8. The number of amides is 1. The van der Waals surface area contributed by atoms with E-state index in [9.17, 15) is 27.9 Å². The van der Waals surface area contributed by atoms with Crippen LogP contribution in [0.4, 0.5) is 13.2 Å². The van der Waals surface area contributed by atoms with Crippen molar-refractivity contribution in [2.24, 2.45) is 0 Å². The van der Waals surface area contributed by atoms with E-state index in [-0.39, 0.29) is 11.1 Å². The zero-order valence-corrected chi connectivity index (χ0v) is 12.4. The molecule has 0 aliphatic carbocycles. The lowest BCUT2D eigenvalue weighted by atomic mass is 9.89. The number of nitrogens with one attached hydrogen (secondary N) is 1. The lowest BCUT2D eigenvalue weighted by molar-refractivity contribution is -0.207. The number of alkyl halides is 3. The molecular formula is C17H14F3NO3. The van der Waals surface area contributed by atoms with Crippen LogP contribution in [0, 0.1) is 0 Å². The Morgan fingerprint density at radius 2 is 1.42 bits per heavy atom. The highest BCUT2D eigenvalue weighted by Gasteiger charge is 2.62. The first kappa shape index (κ1) is 17.5. The van der Waals surface area contributed by atoms with Gasteiger partial charge in [0, 0.05) is 12.0 Å². The van der Waals surface area contributed by atoms with Crippen LogP contribution >= 0.6 is 0 Å². The van der Waals surface area contributed by atoms with E-state index < -0.39 is 30.0 Å². The molecule has 24 heavy (non-hydrogen) atoms. The van der Waals surface area contributed by atoms with Crippen LogP contribution in [0.3, 0.4) is 0 Å². The number of carboxylic acid groups (broad SMARTS) is 1. The molecule has 1 amide bonds. The predicted octanol–water partition coefficient (Wildman–Crippen LogP) is 3.04. The van der Waals surface area contributed by atoms with Gasteiger partial charge in [-0.25, -0.2) is 4.79 Å². The Bertz CT molecular complexity index is 717. The van der Waals surface area contributed by atoms with Crippen LogP contribution in [-0.4, -0.2) is 28.7 Å². The largest absolute Gasteiger partial charge is 0.479 e. The van der Waals surface area contributed by atoms with Gasteiger partial charge in [-0.15, -0.1) is 0 Å². The fourth-order valence-corrected chi connectivity index (χ4v) is 2.22. The molecule has 2 aromatic carbocycles. The lowest BCUT2D eigenvalue weighted by Crippen LogP contribution is -2.65. The fourth-order valence-electron chi connectivity index (χ4n) is 2.22. The molecule has 0 aliphatic rings. The van der Waals surface area contributed by atoms with Gasteiger partial charge in [0.15, 0.2) is 0 Å². The van der Waals surface area contributed by atoms with E-state index in [0.717, 1.165) is 0 Å². The molecule has 0 spiro atoms. The average Bonchev–Trinajstić information content (AvgIpc) is 2.54. The van der Waals surface area contributed by atoms with Gasteiger partial charge in [0.05, 0.1) is 0 Å². The Labute approximate surface area is 135 Å². The highest BCUT2D eigenvalue weighted by Crippen LogP contribution is 2.34. The third-order valence-electron chi connectivity index (χ3n) is 3.52. The SMILES string of the molecule is O=C(N[C@](Cc1ccccc1)(C(=O)O)C(F)(F)F)c1ccccc1. The molecule has 0 heterocycles. The normalized spacial score (nSPS) is 13.8. The van der Waals surface area contributed by atoms with E-state index in [2.05, 4.69) is 0 Å². The van der Waals surface area contributed by atoms with E-state index >= 15 is 0 Å². The van der Waals surface area contributed by atoms with Gasteiger partial charge < -0.3 is 10.4 Å². The molecule has 0 aromatic heterocycles. The molecule has 0 radical (unpaired) electrons. The number of aliphatic carboxylic acids is 1. The number of carbonyl (C=O) groups excluding carboxylic acids is 1. The Morgan fingerprint density at radius 3 is 1.88 bits per heavy atom. The minimum absolute atomic E-state index is 0.0552. The van der Waals surface area contributed by atoms with Crippen LogP contribution in [0.1, 0.15) is 15.9 Å². The summed E-state index contributed by atoms with van der Waals surface area (Å²) in [6.45, 7) is 0. The van der Waals surface area contributed by atoms with E-state index in [1.807, 2.05) is 0 Å². The number of benzene rings is 2. The third-order valence-corrected chi connectivity index (χ3v) is 3.52. The first-order valence-corrected chi connectivity index (χ1v) is 6.98. The lowest BCUT2D eigenvalue weighted by Gasteiger charge is -2.32. The molecule has 126 valence electrons. The maximum atomic E-state index is 13.6. The van der Waals surface area contributed by atoms with E-state index in [0.29, 0.717) is 0 Å². The quantitative estimate of drug-likeness (QED) is 0.881. The molecule has 7 heteroatoms. The predicted molar refractivity (Wildman–Crippen MR) is 80.5 cm³/mol. The molecule has 0 fully saturated rings. The van der Waals surface area contributed by atoms with Crippen molar-refractivity contribution in [3.8, 4) is 0 Å². The third kappa shape index (κ3) is 3.56. The van der Waals surface area contributed by atoms with Gasteiger partial charge in [-0.1, -0.05) is 48.5 Å². The van der Waals surface area contributed by atoms with Crippen molar-refractivity contribution in [3.05, 3.63) is 71.8 Å². The molecule has 0 saturated carbocycles. The van der Waals surface area contributed by atoms with Crippen LogP contribution < -0.4 is 5.32 Å². The summed E-state index contributed by atoms with van der Waals surface area (Å²) in [6.07, 6.45) is -6.09. The Morgan fingerprint density at radius 1 is 0.917 bits per heavy atom. The number of carbonyl (C=O) groups is 2. The summed E-state index contributed by atoms with van der Waals surface area (Å²) in [4.78, 5) is 23.6. The molecule has 0 saturated heterocycles. The second-order valence-electron chi connectivity index (χ2n) is 5.19. The van der Waals surface area contributed by atoms with Crippen molar-refractivity contribution in [1.29, 1.82) is 0 Å². The molecule has 0 aliphatic heterocycles. The minimum Gasteiger partial charge on any atom is -0.479 e. The topological polar surface area (TPSA) is 66.4 Å². The van der Waals surface area contributed by atoms with E-state index in [1.165, 1.54) is 48.5 Å². The van der Waals surface area contributed by atoms with Gasteiger partial charge in [0.1, 0.15) is 0 Å². The van der Waals surface area contributed by atoms with Gasteiger partial charge in [-0.3, -0.25) is 4.79 Å². The average molecular weight is 337 g/mol. The van der Waals surface area contributed by atoms with Crippen LogP contribution in [0.25, 0.3) is 0 Å². The van der Waals surface area contributed by atoms with Crippen LogP contribution in [0.15, 0.2) is 60.7 Å². The highest BCUT2D eigenvalue weighted by molar-refractivity contribution is 5.98. The summed E-state index contributed by atoms with van der Waals surface area (Å²) < 4.78 is 40.8. The van der Waals surface area contributed by atoms with Crippen molar-refractivity contribution in [2.45, 2.75) is 18.1 Å². The van der Waals surface area contributed by atoms with E-state index in [1.54, 1.807) is 17.4 Å². The second kappa shape index (κ2) is 6.74. The zero-order valence-electron chi connectivity index (χ0n) is 12.4. The van der Waals surface area contributed by atoms with Crippen molar-refractivity contribution in [1.82, 2.24) is 5.32 Å². The molecule has 2 rings (SSSR count). The Hall–Kier alpha value is -2.83. The summed E-state index contributed by atoms with van der Waals surface area (Å²) in [5, 5.41) is 11.0. The van der Waals surface area contributed by atoms with Crippen LogP contribution in [0.5, 0.6) is 0 Å². The summed E-state index contributed by atoms with van der Waals surface area (Å²) in [5.74, 6) is -3.27. The maximum absolute atomic E-state index is 13.6. The van der Waals surface area contributed by atoms with Gasteiger partial charge in [0.25, 0.3) is 5.91 Å². The van der Waals surface area contributed by atoms with Crippen molar-refractivity contribution in [3.63, 3.8) is 0 Å². The molecular weight excluding hydrogens is 323 g/mol. The maximum Gasteiger partial charge on any atom is 0.422 e. The monoisotopic (exact) mass is 337 g/mol. The summed E-state index contributed by atoms with van der Waals surface area (Å²) >= 11 is 0. The van der Waals surface area contributed by atoms with Gasteiger partial charge in [0.2, 0.25) is 5.54 Å². The summed E-state index contributed by atoms with van der Waals surface area (Å²) in [7, 11) is 0. The van der Waals surface area contributed by atoms with Gasteiger partial charge in [-0.2, -0.15) is 13.2 Å². The van der Waals surface area contributed by atoms with Crippen LogP contribution in [-0.2, 0) is 11.2 Å². The first-order chi connectivity index (χ1) is 11.3. The molecule has 0 bridgehead atoms. The molecule has 2 aromatic rings. The van der Waals surface area contributed by atoms with Crippen LogP contribution in [0.2, 0.25) is 0 Å². The van der Waals surface area contributed by atoms with Crippen molar-refractivity contribution in [2.75, 3.05) is 0 Å². The minimum atomic E-state index is -5.18. The Balaban J connectivity index is 2.42. The molecule has 4 nitrogen and oxygen atoms in total. The number of carboxylic acids is 1. The standard InChI is InChI=1S/C17H14F3NO3/c18-17(19,20)16(15(23)24,11-12-7-3-1-4-8-12)21-14(22)13-9-5-2-6-10-13/h1-10H,11H2,(H,21,22)(H,23,24)/t16-/m1/s1. The first-order valence-electron chi connectivity index (χ1n) is 6.98. The van der Waals surface area contributed by atoms with E-state index in [4.69, 9.17) is 0 Å². The summed E-state index contributed by atoms with van der Waals surface area (Å²) in [5.41, 5.74) is -3.33. The Kier molecular flexibility index (Phi) is 4.92. The second-order valence-corrected chi connectivity index (χ2v) is 5.19. The number of rotatable bonds is 5. The molecule has 0 unspecified atom stereocenters. The van der Waals surface area contributed by atoms with Crippen molar-refractivity contribution >= 4 is 11.9 Å². The number of halogens is 3. The highest BCUT2D eigenvalue weighted by atomic mass is 19.4. The van der Waals surface area contributed by atoms with Crippen molar-refractivity contribution < 1.29 is 27.9 Å². The smallest absolute Gasteiger partial charge is 0.422 e. The number of hydrogen-bond donors (Lipinski definition) is 2. The fraction of sp³-hybridized carbons (Fsp3) is 0.176.